The van der Waals surface area contributed by atoms with Crippen LogP contribution in [-0.2, 0) is 0 Å². The van der Waals surface area contributed by atoms with E-state index in [2.05, 4.69) is 50.4 Å². The molecule has 6 atom stereocenters. The topological polar surface area (TPSA) is 111 Å². The zero-order valence-electron chi connectivity index (χ0n) is 24.4. The molecule has 1 aromatic carbocycles. The second-order valence-electron chi connectivity index (χ2n) is 13.5. The maximum atomic E-state index is 11.6. The summed E-state index contributed by atoms with van der Waals surface area (Å²) in [6.45, 7) is 9.63. The first-order valence-corrected chi connectivity index (χ1v) is 15.2. The summed E-state index contributed by atoms with van der Waals surface area (Å²) in [7, 11) is 0. The van der Waals surface area contributed by atoms with Crippen molar-refractivity contribution >= 4 is 23.3 Å². The lowest BCUT2D eigenvalue weighted by Gasteiger charge is -2.51. The van der Waals surface area contributed by atoms with E-state index in [1.165, 1.54) is 74.6 Å². The molecule has 0 spiro atoms. The number of hydrogen-bond acceptors (Lipinski definition) is 6. The predicted octanol–water partition coefficient (Wildman–Crippen LogP) is 8.84. The Morgan fingerprint density at radius 3 is 2.60 bits per heavy atom. The highest BCUT2D eigenvalue weighted by Gasteiger charge is 2.61. The van der Waals surface area contributed by atoms with Crippen LogP contribution in [0, 0.1) is 60.6 Å². The van der Waals surface area contributed by atoms with E-state index in [1.54, 1.807) is 0 Å². The second-order valence-corrected chi connectivity index (χ2v) is 13.5. The molecule has 0 amide bonds. The fraction of sp³-hybridized carbons (Fsp3) is 0.656. The Labute approximate surface area is 237 Å². The summed E-state index contributed by atoms with van der Waals surface area (Å²) in [6, 6.07) is 3.62. The van der Waals surface area contributed by atoms with Gasteiger partial charge in [-0.2, -0.15) is 5.10 Å². The molecule has 40 heavy (non-hydrogen) atoms. The van der Waals surface area contributed by atoms with Crippen molar-refractivity contribution in [2.75, 3.05) is 5.43 Å². The number of hydrazone groups is 1. The summed E-state index contributed by atoms with van der Waals surface area (Å²) >= 11 is 0. The molecule has 0 saturated heterocycles. The average molecular weight is 549 g/mol. The highest BCUT2D eigenvalue weighted by molar-refractivity contribution is 5.84. The van der Waals surface area contributed by atoms with Gasteiger partial charge in [0.25, 0.3) is 5.69 Å². The molecule has 1 aromatic rings. The molecule has 8 heteroatoms. The monoisotopic (exact) mass is 548 g/mol. The third-order valence-corrected chi connectivity index (χ3v) is 11.0. The molecule has 0 heterocycles. The Kier molecular flexibility index (Phi) is 7.90. The normalized spacial score (nSPS) is 32.8. The van der Waals surface area contributed by atoms with Gasteiger partial charge in [0.1, 0.15) is 5.69 Å². The van der Waals surface area contributed by atoms with Gasteiger partial charge in [0, 0.05) is 6.07 Å². The van der Waals surface area contributed by atoms with Gasteiger partial charge in [-0.15, -0.1) is 0 Å². The highest BCUT2D eigenvalue weighted by Crippen LogP contribution is 2.69. The molecule has 0 bridgehead atoms. The summed E-state index contributed by atoms with van der Waals surface area (Å²) in [6.07, 6.45) is 19.2. The molecule has 3 unspecified atom stereocenters. The lowest BCUT2D eigenvalue weighted by molar-refractivity contribution is -0.393. The Morgan fingerprint density at radius 1 is 1.07 bits per heavy atom. The van der Waals surface area contributed by atoms with Gasteiger partial charge in [0.05, 0.1) is 22.1 Å². The van der Waals surface area contributed by atoms with Crippen molar-refractivity contribution in [2.45, 2.75) is 91.9 Å². The number of rotatable bonds is 10. The van der Waals surface area contributed by atoms with Crippen LogP contribution in [0.15, 0.2) is 46.6 Å². The van der Waals surface area contributed by atoms with Crippen molar-refractivity contribution in [2.24, 2.45) is 45.5 Å². The molecule has 2 saturated carbocycles. The third kappa shape index (κ3) is 4.99. The van der Waals surface area contributed by atoms with Crippen LogP contribution in [0.1, 0.15) is 91.9 Å². The molecular weight excluding hydrogens is 504 g/mol. The fourth-order valence-corrected chi connectivity index (χ4v) is 8.92. The number of benzene rings is 1. The van der Waals surface area contributed by atoms with Gasteiger partial charge in [-0.3, -0.25) is 25.7 Å². The van der Waals surface area contributed by atoms with Gasteiger partial charge >= 0.3 is 5.69 Å². The minimum absolute atomic E-state index is 0.136. The van der Waals surface area contributed by atoms with Crippen molar-refractivity contribution in [1.82, 2.24) is 0 Å². The number of unbranched alkanes of at least 4 members (excludes halogenated alkanes) is 1. The van der Waals surface area contributed by atoms with Crippen LogP contribution in [0.2, 0.25) is 0 Å². The molecule has 2 fully saturated rings. The lowest BCUT2D eigenvalue weighted by Crippen LogP contribution is -2.44. The van der Waals surface area contributed by atoms with Crippen LogP contribution in [0.4, 0.5) is 17.1 Å². The molecule has 0 aliphatic heterocycles. The van der Waals surface area contributed by atoms with Crippen LogP contribution in [0.25, 0.3) is 0 Å². The first kappa shape index (κ1) is 28.5. The number of nitrogens with zero attached hydrogens (tertiary/aromatic N) is 3. The molecule has 4 aliphatic rings. The molecule has 4 aliphatic carbocycles. The minimum Gasteiger partial charge on any atom is -0.272 e. The highest BCUT2D eigenvalue weighted by atomic mass is 16.6. The quantitative estimate of drug-likeness (QED) is 0.136. The van der Waals surface area contributed by atoms with Gasteiger partial charge < -0.3 is 0 Å². The number of nitro groups is 2. The summed E-state index contributed by atoms with van der Waals surface area (Å²) in [5.74, 6) is 3.22. The van der Waals surface area contributed by atoms with Gasteiger partial charge in [-0.05, 0) is 103 Å². The molecule has 8 nitrogen and oxygen atoms in total. The average Bonchev–Trinajstić information content (AvgIpc) is 3.37. The van der Waals surface area contributed by atoms with E-state index < -0.39 is 9.85 Å². The SMILES string of the molecule is CC(C)CCCC[C@H]1CCC2C3C(/C=N/Nc4ccc([N+](=O)[O-])cc4[N+](=O)[O-])=C4C=CCC[C@]4(C)C3CC[C@@]21C. The zero-order chi connectivity index (χ0) is 28.7. The largest absolute Gasteiger partial charge is 0.301 e. The van der Waals surface area contributed by atoms with E-state index in [0.29, 0.717) is 23.2 Å². The number of nitrogens with one attached hydrogen (secondary N) is 1. The van der Waals surface area contributed by atoms with Crippen LogP contribution in [0.5, 0.6) is 0 Å². The van der Waals surface area contributed by atoms with Gasteiger partial charge in [-0.25, -0.2) is 0 Å². The fourth-order valence-electron chi connectivity index (χ4n) is 8.92. The minimum atomic E-state index is -0.624. The first-order valence-electron chi connectivity index (χ1n) is 15.2. The molecule has 0 aromatic heterocycles. The summed E-state index contributed by atoms with van der Waals surface area (Å²) in [5, 5.41) is 27.3. The van der Waals surface area contributed by atoms with Crippen LogP contribution in [-0.4, -0.2) is 16.1 Å². The molecule has 1 N–H and O–H groups in total. The summed E-state index contributed by atoms with van der Waals surface area (Å²) in [4.78, 5) is 21.5. The van der Waals surface area contributed by atoms with Crippen LogP contribution in [0.3, 0.4) is 0 Å². The number of allylic oxidation sites excluding steroid dienone is 4. The van der Waals surface area contributed by atoms with E-state index in [0.717, 1.165) is 30.7 Å². The van der Waals surface area contributed by atoms with Crippen molar-refractivity contribution in [3.63, 3.8) is 0 Å². The predicted molar refractivity (Wildman–Crippen MR) is 159 cm³/mol. The first-order chi connectivity index (χ1) is 19.1. The Hall–Kier alpha value is -3.03. The van der Waals surface area contributed by atoms with E-state index in [4.69, 9.17) is 0 Å². The number of anilines is 1. The standard InChI is InChI=1S/C32H44N4O4/c1-21(2)9-5-6-10-22-12-14-26-30-24(20-33-34-28-15-13-23(35(37)38)19-29(28)36(39)40)25-11-7-8-17-32(25,4)27(30)16-18-31(22,26)3/h7,11,13,15,19-22,26-27,30,34H,5-6,8-10,12,14,16-18H2,1-4H3/b33-20+/t22-,26?,27?,30?,31+,32-/m0/s1. The summed E-state index contributed by atoms with van der Waals surface area (Å²) < 4.78 is 0. The summed E-state index contributed by atoms with van der Waals surface area (Å²) in [5.41, 5.74) is 5.52. The number of fused-ring (bicyclic) bond motifs is 5. The smallest absolute Gasteiger partial charge is 0.272 e. The van der Waals surface area contributed by atoms with E-state index in [9.17, 15) is 20.2 Å². The van der Waals surface area contributed by atoms with E-state index in [1.807, 2.05) is 6.21 Å². The zero-order valence-corrected chi connectivity index (χ0v) is 24.4. The van der Waals surface area contributed by atoms with Gasteiger partial charge in [0.15, 0.2) is 0 Å². The molecular formula is C32H44N4O4. The lowest BCUT2D eigenvalue weighted by atomic mass is 9.53. The van der Waals surface area contributed by atoms with Crippen molar-refractivity contribution in [3.8, 4) is 0 Å². The Balaban J connectivity index is 1.41. The van der Waals surface area contributed by atoms with Crippen LogP contribution >= 0.6 is 0 Å². The molecule has 5 rings (SSSR count). The van der Waals surface area contributed by atoms with Crippen molar-refractivity contribution < 1.29 is 9.85 Å². The van der Waals surface area contributed by atoms with E-state index >= 15 is 0 Å². The number of hydrogen-bond donors (Lipinski definition) is 1. The van der Waals surface area contributed by atoms with Crippen molar-refractivity contribution in [3.05, 3.63) is 61.7 Å². The Bertz CT molecular complexity index is 1250. The molecule has 216 valence electrons. The maximum Gasteiger partial charge on any atom is 0.301 e. The van der Waals surface area contributed by atoms with Gasteiger partial charge in [0.2, 0.25) is 0 Å². The van der Waals surface area contributed by atoms with Crippen LogP contribution < -0.4 is 5.43 Å². The van der Waals surface area contributed by atoms with Gasteiger partial charge in [-0.1, -0.05) is 59.1 Å². The van der Waals surface area contributed by atoms with Crippen molar-refractivity contribution in [1.29, 1.82) is 0 Å². The second kappa shape index (κ2) is 11.1. The van der Waals surface area contributed by atoms with E-state index in [-0.39, 0.29) is 22.5 Å². The number of nitro benzene ring substituents is 2. The number of non-ortho nitro benzene ring substituents is 1. The maximum absolute atomic E-state index is 11.6. The third-order valence-electron chi connectivity index (χ3n) is 11.0. The Morgan fingerprint density at radius 2 is 1.88 bits per heavy atom. The molecule has 0 radical (unpaired) electrons.